The fourth-order valence-corrected chi connectivity index (χ4v) is 2.96. The van der Waals surface area contributed by atoms with Gasteiger partial charge in [0.15, 0.2) is 6.61 Å². The molecule has 1 amide bonds. The van der Waals surface area contributed by atoms with Crippen molar-refractivity contribution in [1.82, 2.24) is 10.3 Å². The maximum absolute atomic E-state index is 12.2. The first-order chi connectivity index (χ1) is 12.9. The molecule has 3 rings (SSSR count). The van der Waals surface area contributed by atoms with Gasteiger partial charge in [-0.15, -0.1) is 0 Å². The van der Waals surface area contributed by atoms with E-state index in [1.165, 1.54) is 0 Å². The van der Waals surface area contributed by atoms with Crippen molar-refractivity contribution in [2.75, 3.05) is 6.61 Å². The van der Waals surface area contributed by atoms with Crippen LogP contribution in [0.1, 0.15) is 16.7 Å². The highest BCUT2D eigenvalue weighted by Gasteiger charge is 2.22. The van der Waals surface area contributed by atoms with Crippen LogP contribution >= 0.6 is 0 Å². The monoisotopic (exact) mass is 366 g/mol. The van der Waals surface area contributed by atoms with E-state index in [1.54, 1.807) is 6.20 Å². The van der Waals surface area contributed by atoms with Crippen molar-refractivity contribution in [2.45, 2.75) is 26.3 Å². The summed E-state index contributed by atoms with van der Waals surface area (Å²) in [6.45, 7) is 3.60. The highest BCUT2D eigenvalue weighted by atomic mass is 16.5. The average molecular weight is 366 g/mol. The number of carbonyl (C=O) groups is 2. The van der Waals surface area contributed by atoms with E-state index in [1.807, 2.05) is 56.3 Å². The molecule has 0 bridgehead atoms. The Balaban J connectivity index is 1.64. The molecule has 0 fully saturated rings. The maximum atomic E-state index is 12.2. The number of hydrogen-bond donors (Lipinski definition) is 3. The largest absolute Gasteiger partial charge is 0.483 e. The topological polar surface area (TPSA) is 91.4 Å². The predicted molar refractivity (Wildman–Crippen MR) is 103 cm³/mol. The quantitative estimate of drug-likeness (QED) is 0.599. The number of aromatic amines is 1. The average Bonchev–Trinajstić information content (AvgIpc) is 3.05. The van der Waals surface area contributed by atoms with E-state index in [4.69, 9.17) is 4.74 Å². The molecule has 3 aromatic rings. The summed E-state index contributed by atoms with van der Waals surface area (Å²) >= 11 is 0. The molecule has 27 heavy (non-hydrogen) atoms. The number of nitrogens with one attached hydrogen (secondary N) is 2. The molecule has 1 atom stereocenters. The Hall–Kier alpha value is -3.28. The summed E-state index contributed by atoms with van der Waals surface area (Å²) in [6, 6.07) is 12.3. The van der Waals surface area contributed by atoms with Gasteiger partial charge in [-0.3, -0.25) is 4.79 Å². The predicted octanol–water partition coefficient (Wildman–Crippen LogP) is 2.98. The lowest BCUT2D eigenvalue weighted by Gasteiger charge is -2.15. The molecule has 0 saturated heterocycles. The zero-order valence-corrected chi connectivity index (χ0v) is 15.3. The van der Waals surface area contributed by atoms with Crippen LogP contribution in [0.5, 0.6) is 5.75 Å². The lowest BCUT2D eigenvalue weighted by molar-refractivity contribution is -0.142. The van der Waals surface area contributed by atoms with Gasteiger partial charge >= 0.3 is 5.97 Å². The highest BCUT2D eigenvalue weighted by molar-refractivity contribution is 5.87. The highest BCUT2D eigenvalue weighted by Crippen LogP contribution is 2.20. The Morgan fingerprint density at radius 1 is 1.19 bits per heavy atom. The summed E-state index contributed by atoms with van der Waals surface area (Å²) < 4.78 is 5.55. The second-order valence-electron chi connectivity index (χ2n) is 6.58. The number of aliphatic carboxylic acids is 1. The fourth-order valence-electron chi connectivity index (χ4n) is 2.96. The van der Waals surface area contributed by atoms with Crippen LogP contribution in [-0.2, 0) is 16.0 Å². The first kappa shape index (κ1) is 18.5. The van der Waals surface area contributed by atoms with Gasteiger partial charge in [0.2, 0.25) is 0 Å². The number of H-pyrrole nitrogens is 1. The van der Waals surface area contributed by atoms with Gasteiger partial charge in [0.1, 0.15) is 11.8 Å². The fraction of sp³-hybridized carbons (Fsp3) is 0.238. The van der Waals surface area contributed by atoms with Gasteiger partial charge in [-0.2, -0.15) is 0 Å². The normalized spacial score (nSPS) is 11.9. The molecule has 1 heterocycles. The zero-order chi connectivity index (χ0) is 19.4. The molecule has 2 aromatic carbocycles. The Morgan fingerprint density at radius 2 is 1.96 bits per heavy atom. The van der Waals surface area contributed by atoms with E-state index in [2.05, 4.69) is 10.3 Å². The molecule has 140 valence electrons. The lowest BCUT2D eigenvalue weighted by Crippen LogP contribution is -2.44. The van der Waals surface area contributed by atoms with Crippen LogP contribution in [0.15, 0.2) is 48.7 Å². The first-order valence-corrected chi connectivity index (χ1v) is 8.71. The minimum atomic E-state index is -1.08. The number of rotatable bonds is 7. The number of carboxylic acid groups (broad SMARTS) is 1. The Labute approximate surface area is 157 Å². The van der Waals surface area contributed by atoms with Gasteiger partial charge in [0.05, 0.1) is 0 Å². The van der Waals surface area contributed by atoms with Crippen LogP contribution in [0.25, 0.3) is 10.9 Å². The molecule has 0 radical (unpaired) electrons. The van der Waals surface area contributed by atoms with E-state index in [0.717, 1.165) is 27.6 Å². The van der Waals surface area contributed by atoms with Crippen molar-refractivity contribution >= 4 is 22.8 Å². The number of carboxylic acids is 1. The van der Waals surface area contributed by atoms with Crippen LogP contribution in [0, 0.1) is 13.8 Å². The first-order valence-electron chi connectivity index (χ1n) is 8.71. The Kier molecular flexibility index (Phi) is 5.45. The van der Waals surface area contributed by atoms with Crippen molar-refractivity contribution in [3.8, 4) is 5.75 Å². The van der Waals surface area contributed by atoms with Crippen LogP contribution in [0.3, 0.4) is 0 Å². The lowest BCUT2D eigenvalue weighted by atomic mass is 10.1. The van der Waals surface area contributed by atoms with Gasteiger partial charge in [-0.1, -0.05) is 30.3 Å². The second kappa shape index (κ2) is 7.95. The molecular weight excluding hydrogens is 344 g/mol. The van der Waals surface area contributed by atoms with Crippen molar-refractivity contribution in [1.29, 1.82) is 0 Å². The summed E-state index contributed by atoms with van der Waals surface area (Å²) in [5, 5.41) is 13.0. The molecule has 0 aliphatic carbocycles. The van der Waals surface area contributed by atoms with Gasteiger partial charge in [-0.25, -0.2) is 4.79 Å². The summed E-state index contributed by atoms with van der Waals surface area (Å²) in [5.74, 6) is -0.933. The second-order valence-corrected chi connectivity index (χ2v) is 6.58. The number of carbonyl (C=O) groups excluding carboxylic acids is 1. The third kappa shape index (κ3) is 4.47. The molecule has 0 saturated carbocycles. The van der Waals surface area contributed by atoms with Crippen LogP contribution < -0.4 is 10.1 Å². The van der Waals surface area contributed by atoms with E-state index < -0.39 is 17.9 Å². The number of para-hydroxylation sites is 1. The molecule has 0 aliphatic rings. The number of fused-ring (bicyclic) bond motifs is 1. The van der Waals surface area contributed by atoms with E-state index in [0.29, 0.717) is 5.75 Å². The number of ether oxygens (including phenoxy) is 1. The molecule has 3 N–H and O–H groups in total. The van der Waals surface area contributed by atoms with Crippen LogP contribution in [0.2, 0.25) is 0 Å². The maximum Gasteiger partial charge on any atom is 0.326 e. The number of aryl methyl sites for hydroxylation is 2. The number of aromatic nitrogens is 1. The van der Waals surface area contributed by atoms with Gasteiger partial charge in [-0.05, 0) is 42.7 Å². The van der Waals surface area contributed by atoms with E-state index in [9.17, 15) is 14.7 Å². The van der Waals surface area contributed by atoms with Gasteiger partial charge in [0.25, 0.3) is 5.91 Å². The van der Waals surface area contributed by atoms with E-state index >= 15 is 0 Å². The Morgan fingerprint density at radius 3 is 2.74 bits per heavy atom. The molecule has 1 aromatic heterocycles. The minimum absolute atomic E-state index is 0.189. The molecular formula is C21H22N2O4. The van der Waals surface area contributed by atoms with Crippen molar-refractivity contribution in [3.63, 3.8) is 0 Å². The minimum Gasteiger partial charge on any atom is -0.483 e. The molecule has 0 spiro atoms. The molecule has 6 heteroatoms. The number of amides is 1. The van der Waals surface area contributed by atoms with Crippen LogP contribution in [0.4, 0.5) is 0 Å². The summed E-state index contributed by atoms with van der Waals surface area (Å²) in [4.78, 5) is 26.9. The number of benzene rings is 2. The third-order valence-electron chi connectivity index (χ3n) is 4.43. The Bertz CT molecular complexity index is 977. The van der Waals surface area contributed by atoms with E-state index in [-0.39, 0.29) is 13.0 Å². The molecule has 0 unspecified atom stereocenters. The smallest absolute Gasteiger partial charge is 0.326 e. The SMILES string of the molecule is Cc1ccc(C)c(OCC(=O)N[C@H](Cc2c[nH]c3ccccc23)C(=O)O)c1. The van der Waals surface area contributed by atoms with Crippen molar-refractivity contribution in [2.24, 2.45) is 0 Å². The summed E-state index contributed by atoms with van der Waals surface area (Å²) in [6.07, 6.45) is 1.97. The molecule has 6 nitrogen and oxygen atoms in total. The summed E-state index contributed by atoms with van der Waals surface area (Å²) in [7, 11) is 0. The van der Waals surface area contributed by atoms with Crippen molar-refractivity contribution in [3.05, 3.63) is 65.4 Å². The molecule has 0 aliphatic heterocycles. The van der Waals surface area contributed by atoms with Gasteiger partial charge in [0, 0.05) is 23.5 Å². The zero-order valence-electron chi connectivity index (χ0n) is 15.3. The number of hydrogen-bond acceptors (Lipinski definition) is 3. The van der Waals surface area contributed by atoms with Crippen LogP contribution in [-0.4, -0.2) is 34.6 Å². The third-order valence-corrected chi connectivity index (χ3v) is 4.43. The summed E-state index contributed by atoms with van der Waals surface area (Å²) in [5.41, 5.74) is 3.72. The van der Waals surface area contributed by atoms with Crippen molar-refractivity contribution < 1.29 is 19.4 Å². The standard InChI is InChI=1S/C21H22N2O4/c1-13-7-8-14(2)19(9-13)27-12-20(24)23-18(21(25)26)10-15-11-22-17-6-4-3-5-16(15)17/h3-9,11,18,22H,10,12H2,1-2H3,(H,23,24)(H,25,26)/t18-/m1/s1. The van der Waals surface area contributed by atoms with Gasteiger partial charge < -0.3 is 20.1 Å².